The molecule has 0 saturated heterocycles. The van der Waals surface area contributed by atoms with Crippen molar-refractivity contribution in [1.82, 2.24) is 0 Å². The highest BCUT2D eigenvalue weighted by Gasteiger charge is 2.30. The summed E-state index contributed by atoms with van der Waals surface area (Å²) in [5.74, 6) is 0.308. The first kappa shape index (κ1) is 14.3. The minimum Gasteiger partial charge on any atom is -0.388 e. The van der Waals surface area contributed by atoms with Crippen molar-refractivity contribution in [3.63, 3.8) is 0 Å². The summed E-state index contributed by atoms with van der Waals surface area (Å²) < 4.78 is 0. The summed E-state index contributed by atoms with van der Waals surface area (Å²) in [6.45, 7) is 6.71. The van der Waals surface area contributed by atoms with Gasteiger partial charge in [-0.05, 0) is 46.4 Å². The Morgan fingerprint density at radius 3 is 2.29 bits per heavy atom. The highest BCUT2D eigenvalue weighted by molar-refractivity contribution is 5.36. The molecule has 2 aromatic rings. The van der Waals surface area contributed by atoms with E-state index in [1.54, 1.807) is 0 Å². The van der Waals surface area contributed by atoms with E-state index in [1.165, 1.54) is 16.7 Å². The number of benzene rings is 2. The van der Waals surface area contributed by atoms with E-state index in [1.807, 2.05) is 6.07 Å². The molecule has 0 bridgehead atoms. The zero-order valence-corrected chi connectivity index (χ0v) is 13.1. The first-order valence-corrected chi connectivity index (χ1v) is 7.80. The van der Waals surface area contributed by atoms with E-state index < -0.39 is 0 Å². The van der Waals surface area contributed by atoms with Crippen LogP contribution in [0.3, 0.4) is 0 Å². The summed E-state index contributed by atoms with van der Waals surface area (Å²) in [5, 5.41) is 10.5. The quantitative estimate of drug-likeness (QED) is 0.862. The molecule has 0 aromatic heterocycles. The third-order valence-corrected chi connectivity index (χ3v) is 4.62. The molecule has 3 rings (SSSR count). The molecule has 2 atom stereocenters. The van der Waals surface area contributed by atoms with Crippen LogP contribution in [0, 0.1) is 5.92 Å². The van der Waals surface area contributed by atoms with Crippen LogP contribution >= 0.6 is 0 Å². The Morgan fingerprint density at radius 2 is 1.67 bits per heavy atom. The minimum atomic E-state index is -0.316. The standard InChI is InChI=1S/C20H24O/c1-20(2,3)17-10-8-14(9-11-17)12-16-13-15-6-4-5-7-18(15)19(16)21/h4-11,16,19,21H,12-13H2,1-3H3. The predicted octanol–water partition coefficient (Wildman–Crippen LogP) is 4.43. The molecule has 21 heavy (non-hydrogen) atoms. The van der Waals surface area contributed by atoms with Gasteiger partial charge in [0.2, 0.25) is 0 Å². The molecule has 0 fully saturated rings. The normalized spacial score (nSPS) is 21.3. The zero-order valence-electron chi connectivity index (χ0n) is 13.1. The molecular formula is C20H24O. The Hall–Kier alpha value is -1.60. The largest absolute Gasteiger partial charge is 0.388 e. The maximum Gasteiger partial charge on any atom is 0.0827 e. The maximum absolute atomic E-state index is 10.5. The molecule has 110 valence electrons. The van der Waals surface area contributed by atoms with Crippen LogP contribution in [-0.4, -0.2) is 5.11 Å². The van der Waals surface area contributed by atoms with Crippen molar-refractivity contribution in [2.75, 3.05) is 0 Å². The maximum atomic E-state index is 10.5. The first-order valence-electron chi connectivity index (χ1n) is 7.80. The van der Waals surface area contributed by atoms with Gasteiger partial charge >= 0.3 is 0 Å². The fourth-order valence-corrected chi connectivity index (χ4v) is 3.28. The summed E-state index contributed by atoms with van der Waals surface area (Å²) in [6.07, 6.45) is 1.61. The molecule has 0 heterocycles. The van der Waals surface area contributed by atoms with Crippen LogP contribution in [0.15, 0.2) is 48.5 Å². The number of aliphatic hydroxyl groups excluding tert-OH is 1. The van der Waals surface area contributed by atoms with Crippen molar-refractivity contribution in [3.05, 3.63) is 70.8 Å². The lowest BCUT2D eigenvalue weighted by atomic mass is 9.85. The van der Waals surface area contributed by atoms with Gasteiger partial charge in [-0.1, -0.05) is 69.3 Å². The van der Waals surface area contributed by atoms with Crippen LogP contribution in [0.2, 0.25) is 0 Å². The number of fused-ring (bicyclic) bond motifs is 1. The van der Waals surface area contributed by atoms with Crippen molar-refractivity contribution >= 4 is 0 Å². The molecule has 0 spiro atoms. The first-order chi connectivity index (χ1) is 9.95. The Kier molecular flexibility index (Phi) is 3.62. The highest BCUT2D eigenvalue weighted by atomic mass is 16.3. The lowest BCUT2D eigenvalue weighted by Gasteiger charge is -2.20. The molecule has 0 saturated carbocycles. The van der Waals surface area contributed by atoms with Gasteiger partial charge < -0.3 is 5.11 Å². The third kappa shape index (κ3) is 2.89. The van der Waals surface area contributed by atoms with Gasteiger partial charge in [0.1, 0.15) is 0 Å². The van der Waals surface area contributed by atoms with Crippen LogP contribution in [0.25, 0.3) is 0 Å². The third-order valence-electron chi connectivity index (χ3n) is 4.62. The topological polar surface area (TPSA) is 20.2 Å². The zero-order chi connectivity index (χ0) is 15.0. The smallest absolute Gasteiger partial charge is 0.0827 e. The van der Waals surface area contributed by atoms with Crippen LogP contribution < -0.4 is 0 Å². The van der Waals surface area contributed by atoms with Crippen LogP contribution in [0.1, 0.15) is 49.1 Å². The summed E-state index contributed by atoms with van der Waals surface area (Å²) in [7, 11) is 0. The summed E-state index contributed by atoms with van der Waals surface area (Å²) in [4.78, 5) is 0. The van der Waals surface area contributed by atoms with Crippen molar-refractivity contribution in [2.24, 2.45) is 5.92 Å². The van der Waals surface area contributed by atoms with E-state index in [4.69, 9.17) is 0 Å². The fourth-order valence-electron chi connectivity index (χ4n) is 3.28. The average molecular weight is 280 g/mol. The van der Waals surface area contributed by atoms with E-state index >= 15 is 0 Å². The molecule has 0 radical (unpaired) electrons. The second-order valence-corrected chi connectivity index (χ2v) is 7.26. The fraction of sp³-hybridized carbons (Fsp3) is 0.400. The van der Waals surface area contributed by atoms with Crippen LogP contribution in [0.5, 0.6) is 0 Å². The predicted molar refractivity (Wildman–Crippen MR) is 87.4 cm³/mol. The van der Waals surface area contributed by atoms with Crippen molar-refractivity contribution < 1.29 is 5.11 Å². The summed E-state index contributed by atoms with van der Waals surface area (Å²) >= 11 is 0. The molecular weight excluding hydrogens is 256 g/mol. The average Bonchev–Trinajstić information content (AvgIpc) is 2.76. The lowest BCUT2D eigenvalue weighted by molar-refractivity contribution is 0.123. The van der Waals surface area contributed by atoms with Gasteiger partial charge in [-0.3, -0.25) is 0 Å². The SMILES string of the molecule is CC(C)(C)c1ccc(CC2Cc3ccccc3C2O)cc1. The molecule has 1 nitrogen and oxygen atoms in total. The molecule has 0 amide bonds. The minimum absolute atomic E-state index is 0.196. The summed E-state index contributed by atoms with van der Waals surface area (Å²) in [5.41, 5.74) is 5.30. The molecule has 2 aromatic carbocycles. The van der Waals surface area contributed by atoms with Gasteiger partial charge in [0.25, 0.3) is 0 Å². The Bertz CT molecular complexity index is 619. The van der Waals surface area contributed by atoms with Gasteiger partial charge in [-0.15, -0.1) is 0 Å². The Morgan fingerprint density at radius 1 is 1.00 bits per heavy atom. The second-order valence-electron chi connectivity index (χ2n) is 7.26. The van der Waals surface area contributed by atoms with E-state index in [-0.39, 0.29) is 11.5 Å². The lowest BCUT2D eigenvalue weighted by Crippen LogP contribution is -2.12. The molecule has 0 aliphatic heterocycles. The van der Waals surface area contributed by atoms with E-state index in [0.717, 1.165) is 18.4 Å². The van der Waals surface area contributed by atoms with E-state index in [9.17, 15) is 5.11 Å². The molecule has 1 N–H and O–H groups in total. The molecule has 2 unspecified atom stereocenters. The Balaban J connectivity index is 1.74. The van der Waals surface area contributed by atoms with Crippen LogP contribution in [-0.2, 0) is 18.3 Å². The number of aliphatic hydroxyl groups is 1. The number of hydrogen-bond donors (Lipinski definition) is 1. The van der Waals surface area contributed by atoms with Gasteiger partial charge in [-0.2, -0.15) is 0 Å². The monoisotopic (exact) mass is 280 g/mol. The molecule has 1 aliphatic carbocycles. The molecule has 1 aliphatic rings. The number of rotatable bonds is 2. The van der Waals surface area contributed by atoms with Crippen molar-refractivity contribution in [3.8, 4) is 0 Å². The van der Waals surface area contributed by atoms with Gasteiger partial charge in [0.15, 0.2) is 0 Å². The van der Waals surface area contributed by atoms with Gasteiger partial charge in [0.05, 0.1) is 6.10 Å². The van der Waals surface area contributed by atoms with Crippen molar-refractivity contribution in [1.29, 1.82) is 0 Å². The van der Waals surface area contributed by atoms with Crippen LogP contribution in [0.4, 0.5) is 0 Å². The van der Waals surface area contributed by atoms with Crippen molar-refractivity contribution in [2.45, 2.75) is 45.1 Å². The van der Waals surface area contributed by atoms with Gasteiger partial charge in [0, 0.05) is 0 Å². The van der Waals surface area contributed by atoms with E-state index in [2.05, 4.69) is 63.2 Å². The Labute approximate surface area is 127 Å². The second kappa shape index (κ2) is 5.31. The highest BCUT2D eigenvalue weighted by Crippen LogP contribution is 2.37. The van der Waals surface area contributed by atoms with Gasteiger partial charge in [-0.25, -0.2) is 0 Å². The number of hydrogen-bond acceptors (Lipinski definition) is 1. The summed E-state index contributed by atoms with van der Waals surface area (Å²) in [6, 6.07) is 17.2. The van der Waals surface area contributed by atoms with E-state index in [0.29, 0.717) is 5.92 Å². The molecule has 1 heteroatoms.